The zero-order valence-corrected chi connectivity index (χ0v) is 10.6. The highest BCUT2D eigenvalue weighted by atomic mass is 16.4. The van der Waals surface area contributed by atoms with E-state index in [4.69, 9.17) is 0 Å². The van der Waals surface area contributed by atoms with Crippen LogP contribution in [-0.4, -0.2) is 27.9 Å². The molecule has 1 unspecified atom stereocenters. The van der Waals surface area contributed by atoms with Gasteiger partial charge in [0.1, 0.15) is 6.04 Å². The number of carboxylic acid groups (broad SMARTS) is 1. The Morgan fingerprint density at radius 1 is 1.44 bits per heavy atom. The largest absolute Gasteiger partial charge is 0.480 e. The maximum Gasteiger partial charge on any atom is 0.326 e. The number of carbonyl (C=O) groups is 2. The van der Waals surface area contributed by atoms with E-state index >= 15 is 0 Å². The number of amides is 1. The first kappa shape index (κ1) is 12.6. The van der Waals surface area contributed by atoms with Crippen molar-refractivity contribution in [2.24, 2.45) is 5.92 Å². The third kappa shape index (κ3) is 1.98. The van der Waals surface area contributed by atoms with Crippen molar-refractivity contribution in [1.82, 2.24) is 4.90 Å². The molecule has 1 aliphatic rings. The summed E-state index contributed by atoms with van der Waals surface area (Å²) in [6, 6.07) is 6.57. The van der Waals surface area contributed by atoms with Crippen molar-refractivity contribution in [1.29, 1.82) is 0 Å². The number of carboxylic acids is 1. The Labute approximate surface area is 106 Å². The van der Waals surface area contributed by atoms with Crippen LogP contribution in [0.25, 0.3) is 0 Å². The second-order valence-corrected chi connectivity index (χ2v) is 4.76. The monoisotopic (exact) mass is 247 g/mol. The highest BCUT2D eigenvalue weighted by Gasteiger charge is 2.38. The Bertz CT molecular complexity index is 484. The van der Waals surface area contributed by atoms with Crippen LogP contribution in [0.1, 0.15) is 36.2 Å². The lowest BCUT2D eigenvalue weighted by Gasteiger charge is -2.28. The molecule has 4 heteroatoms. The lowest BCUT2D eigenvalue weighted by atomic mass is 9.98. The molecule has 1 aromatic carbocycles. The van der Waals surface area contributed by atoms with E-state index < -0.39 is 12.0 Å². The van der Waals surface area contributed by atoms with Gasteiger partial charge in [-0.1, -0.05) is 38.5 Å². The molecule has 0 radical (unpaired) electrons. The smallest absolute Gasteiger partial charge is 0.326 e. The Morgan fingerprint density at radius 3 is 2.67 bits per heavy atom. The van der Waals surface area contributed by atoms with Crippen LogP contribution >= 0.6 is 0 Å². The van der Waals surface area contributed by atoms with Crippen molar-refractivity contribution >= 4 is 11.9 Å². The summed E-state index contributed by atoms with van der Waals surface area (Å²) in [5.41, 5.74) is 1.55. The van der Waals surface area contributed by atoms with Gasteiger partial charge in [-0.2, -0.15) is 0 Å². The molecule has 0 spiro atoms. The maximum atomic E-state index is 12.2. The molecule has 1 aromatic rings. The van der Waals surface area contributed by atoms with Crippen LogP contribution in [0.2, 0.25) is 0 Å². The molecule has 0 fully saturated rings. The predicted octanol–water partition coefficient (Wildman–Crippen LogP) is 2.14. The first-order valence-electron chi connectivity index (χ1n) is 6.18. The van der Waals surface area contributed by atoms with Crippen LogP contribution in [0.5, 0.6) is 0 Å². The maximum absolute atomic E-state index is 12.2. The van der Waals surface area contributed by atoms with Crippen LogP contribution in [-0.2, 0) is 11.3 Å². The van der Waals surface area contributed by atoms with Crippen molar-refractivity contribution in [3.8, 4) is 0 Å². The number of hydrogen-bond acceptors (Lipinski definition) is 2. The number of carbonyl (C=O) groups excluding carboxylic acids is 1. The van der Waals surface area contributed by atoms with E-state index in [0.717, 1.165) is 12.0 Å². The van der Waals surface area contributed by atoms with Gasteiger partial charge in [-0.25, -0.2) is 4.79 Å². The first-order valence-corrected chi connectivity index (χ1v) is 6.18. The lowest BCUT2D eigenvalue weighted by Crippen LogP contribution is -2.45. The summed E-state index contributed by atoms with van der Waals surface area (Å²) in [5.74, 6) is -1.15. The third-order valence-electron chi connectivity index (χ3n) is 3.62. The zero-order valence-electron chi connectivity index (χ0n) is 10.6. The standard InChI is InChI=1S/C14H17NO3/c1-3-9(2)12(14(17)18)15-8-10-6-4-5-7-11(10)13(15)16/h4-7,9,12H,3,8H2,1-2H3,(H,17,18)/t9?,12-/m0/s1. The Kier molecular flexibility index (Phi) is 3.36. The highest BCUT2D eigenvalue weighted by molar-refractivity contribution is 6.00. The average molecular weight is 247 g/mol. The average Bonchev–Trinajstić information content (AvgIpc) is 2.67. The van der Waals surface area contributed by atoms with Gasteiger partial charge in [0, 0.05) is 12.1 Å². The van der Waals surface area contributed by atoms with Gasteiger partial charge in [0.2, 0.25) is 0 Å². The van der Waals surface area contributed by atoms with Gasteiger partial charge in [0.15, 0.2) is 0 Å². The molecule has 4 nitrogen and oxygen atoms in total. The van der Waals surface area contributed by atoms with E-state index in [0.29, 0.717) is 12.1 Å². The molecule has 2 rings (SSSR count). The van der Waals surface area contributed by atoms with Crippen LogP contribution in [0.15, 0.2) is 24.3 Å². The second-order valence-electron chi connectivity index (χ2n) is 4.76. The summed E-state index contributed by atoms with van der Waals surface area (Å²) in [7, 11) is 0. The third-order valence-corrected chi connectivity index (χ3v) is 3.62. The summed E-state index contributed by atoms with van der Waals surface area (Å²) >= 11 is 0. The van der Waals surface area contributed by atoms with Gasteiger partial charge in [-0.15, -0.1) is 0 Å². The summed E-state index contributed by atoms with van der Waals surface area (Å²) in [6.07, 6.45) is 0.733. The molecule has 0 saturated carbocycles. The molecule has 96 valence electrons. The molecule has 1 aliphatic heterocycles. The van der Waals surface area contributed by atoms with E-state index in [1.54, 1.807) is 12.1 Å². The summed E-state index contributed by atoms with van der Waals surface area (Å²) in [5, 5.41) is 9.34. The van der Waals surface area contributed by atoms with Gasteiger partial charge in [-0.3, -0.25) is 4.79 Å². The summed E-state index contributed by atoms with van der Waals surface area (Å²) < 4.78 is 0. The van der Waals surface area contributed by atoms with Gasteiger partial charge in [-0.05, 0) is 17.5 Å². The summed E-state index contributed by atoms with van der Waals surface area (Å²) in [6.45, 7) is 4.21. The molecule has 0 bridgehead atoms. The normalized spacial score (nSPS) is 17.4. The Morgan fingerprint density at radius 2 is 2.11 bits per heavy atom. The van der Waals surface area contributed by atoms with Crippen LogP contribution in [0.3, 0.4) is 0 Å². The predicted molar refractivity (Wildman–Crippen MR) is 67.2 cm³/mol. The molecule has 1 N–H and O–H groups in total. The minimum atomic E-state index is -0.925. The van der Waals surface area contributed by atoms with Crippen LogP contribution in [0.4, 0.5) is 0 Å². The molecular weight excluding hydrogens is 230 g/mol. The fraction of sp³-hybridized carbons (Fsp3) is 0.429. The first-order chi connectivity index (χ1) is 8.56. The minimum absolute atomic E-state index is 0.0548. The van der Waals surface area contributed by atoms with E-state index in [1.807, 2.05) is 26.0 Å². The number of aliphatic carboxylic acids is 1. The molecular formula is C14H17NO3. The van der Waals surface area contributed by atoms with Crippen LogP contribution < -0.4 is 0 Å². The molecule has 0 aliphatic carbocycles. The molecule has 0 aromatic heterocycles. The van der Waals surface area contributed by atoms with Gasteiger partial charge < -0.3 is 10.0 Å². The van der Waals surface area contributed by atoms with Gasteiger partial charge in [0.05, 0.1) is 0 Å². The topological polar surface area (TPSA) is 57.6 Å². The van der Waals surface area contributed by atoms with Gasteiger partial charge >= 0.3 is 5.97 Å². The van der Waals surface area contributed by atoms with Crippen molar-refractivity contribution in [2.45, 2.75) is 32.9 Å². The Hall–Kier alpha value is -1.84. The molecule has 1 amide bonds. The molecule has 18 heavy (non-hydrogen) atoms. The van der Waals surface area contributed by atoms with Crippen molar-refractivity contribution in [3.63, 3.8) is 0 Å². The number of rotatable bonds is 4. The zero-order chi connectivity index (χ0) is 13.3. The quantitative estimate of drug-likeness (QED) is 0.886. The number of fused-ring (bicyclic) bond motifs is 1. The highest BCUT2D eigenvalue weighted by Crippen LogP contribution is 2.27. The van der Waals surface area contributed by atoms with E-state index in [-0.39, 0.29) is 11.8 Å². The molecule has 1 heterocycles. The number of benzene rings is 1. The van der Waals surface area contributed by atoms with Crippen molar-refractivity contribution in [2.75, 3.05) is 0 Å². The number of nitrogens with zero attached hydrogens (tertiary/aromatic N) is 1. The fourth-order valence-electron chi connectivity index (χ4n) is 2.41. The minimum Gasteiger partial charge on any atom is -0.480 e. The molecule has 0 saturated heterocycles. The van der Waals surface area contributed by atoms with Crippen molar-refractivity contribution < 1.29 is 14.7 Å². The lowest BCUT2D eigenvalue weighted by molar-refractivity contribution is -0.144. The van der Waals surface area contributed by atoms with Gasteiger partial charge in [0.25, 0.3) is 5.91 Å². The van der Waals surface area contributed by atoms with Crippen LogP contribution in [0, 0.1) is 5.92 Å². The SMILES string of the molecule is CCC(C)[C@@H](C(=O)O)N1Cc2ccccc2C1=O. The van der Waals surface area contributed by atoms with Crippen molar-refractivity contribution in [3.05, 3.63) is 35.4 Å². The van der Waals surface area contributed by atoms with E-state index in [1.165, 1.54) is 4.90 Å². The van der Waals surface area contributed by atoms with E-state index in [2.05, 4.69) is 0 Å². The van der Waals surface area contributed by atoms with E-state index in [9.17, 15) is 14.7 Å². The summed E-state index contributed by atoms with van der Waals surface area (Å²) in [4.78, 5) is 25.1. The number of hydrogen-bond donors (Lipinski definition) is 1. The second kappa shape index (κ2) is 4.80. The fourth-order valence-corrected chi connectivity index (χ4v) is 2.41. The Balaban J connectivity index is 2.31. The molecule has 2 atom stereocenters.